The maximum atomic E-state index is 10.7. The Hall–Kier alpha value is 0.930. The fraction of sp³-hybridized carbons (Fsp3) is 0.667. The average Bonchev–Trinajstić information content (AvgIpc) is 2.72. The summed E-state index contributed by atoms with van der Waals surface area (Å²) in [5.41, 5.74) is 2.05. The molecule has 2 saturated carbocycles. The maximum absolute atomic E-state index is 10.7. The Labute approximate surface area is 160 Å². The van der Waals surface area contributed by atoms with Crippen LogP contribution >= 0.6 is 15.9 Å². The summed E-state index contributed by atoms with van der Waals surface area (Å²) in [4.78, 5) is 2.52. The number of halogens is 2. The van der Waals surface area contributed by atoms with Crippen molar-refractivity contribution in [3.63, 3.8) is 0 Å². The summed E-state index contributed by atoms with van der Waals surface area (Å²) < 4.78 is 3.79. The Bertz CT molecular complexity index is 534. The molecule has 2 aliphatic rings. The van der Waals surface area contributed by atoms with Crippen molar-refractivity contribution in [2.24, 2.45) is 16.7 Å². The molecule has 2 bridgehead atoms. The van der Waals surface area contributed by atoms with Crippen LogP contribution in [-0.2, 0) is 4.47 Å². The number of hydrogen-bond acceptors (Lipinski definition) is 1. The molecule has 0 radical (unpaired) electrons. The minimum Gasteiger partial charge on any atom is -1.00 e. The first kappa shape index (κ1) is 19.3. The average molecular weight is 546 g/mol. The SMILES string of the molecule is C[Te+](Cc1cccc(Br)c1)CC12CCC(CC1O)C2(C)C.[Br-]. The molecule has 3 unspecified atom stereocenters. The van der Waals surface area contributed by atoms with Gasteiger partial charge in [-0.05, 0) is 0 Å². The van der Waals surface area contributed by atoms with Crippen molar-refractivity contribution in [2.75, 3.05) is 0 Å². The molecule has 1 aromatic rings. The van der Waals surface area contributed by atoms with Gasteiger partial charge in [0.2, 0.25) is 0 Å². The molecule has 2 fully saturated rings. The largest absolute Gasteiger partial charge is 1.00 e. The molecule has 1 nitrogen and oxygen atoms in total. The molecule has 22 heavy (non-hydrogen) atoms. The van der Waals surface area contributed by atoms with Crippen LogP contribution in [0.1, 0.15) is 38.7 Å². The van der Waals surface area contributed by atoms with Gasteiger partial charge in [-0.15, -0.1) is 0 Å². The van der Waals surface area contributed by atoms with Crippen LogP contribution in [0, 0.1) is 16.7 Å². The second-order valence-electron chi connectivity index (χ2n) is 7.56. The van der Waals surface area contributed by atoms with E-state index in [0.29, 0.717) is 5.41 Å². The van der Waals surface area contributed by atoms with Gasteiger partial charge in [0, 0.05) is 0 Å². The number of benzene rings is 1. The molecular formula is C18H26Br2OTe. The molecule has 0 aliphatic heterocycles. The molecule has 3 rings (SSSR count). The molecule has 0 spiro atoms. The summed E-state index contributed by atoms with van der Waals surface area (Å²) in [7, 11) is 0. The predicted octanol–water partition coefficient (Wildman–Crippen LogP) is 1.85. The molecule has 124 valence electrons. The van der Waals surface area contributed by atoms with Crippen LogP contribution in [0.3, 0.4) is 0 Å². The van der Waals surface area contributed by atoms with Gasteiger partial charge in [0.25, 0.3) is 0 Å². The summed E-state index contributed by atoms with van der Waals surface area (Å²) >= 11 is 2.38. The maximum Gasteiger partial charge on any atom is -1.00 e. The van der Waals surface area contributed by atoms with E-state index in [4.69, 9.17) is 0 Å². The summed E-state index contributed by atoms with van der Waals surface area (Å²) in [6.07, 6.45) is 3.61. The van der Waals surface area contributed by atoms with Crippen LogP contribution in [0.15, 0.2) is 28.7 Å². The van der Waals surface area contributed by atoms with Crippen LogP contribution < -0.4 is 17.0 Å². The molecule has 0 heterocycles. The summed E-state index contributed by atoms with van der Waals surface area (Å²) in [6.45, 7) is 4.85. The predicted molar refractivity (Wildman–Crippen MR) is 93.8 cm³/mol. The van der Waals surface area contributed by atoms with Gasteiger partial charge in [-0.1, -0.05) is 0 Å². The molecule has 1 aromatic carbocycles. The zero-order valence-corrected chi connectivity index (χ0v) is 19.1. The van der Waals surface area contributed by atoms with Crippen molar-refractivity contribution < 1.29 is 22.1 Å². The molecule has 1 N–H and O–H groups in total. The van der Waals surface area contributed by atoms with Crippen LogP contribution in [0.2, 0.25) is 9.44 Å². The van der Waals surface area contributed by atoms with Crippen molar-refractivity contribution in [3.05, 3.63) is 34.3 Å². The summed E-state index contributed by atoms with van der Waals surface area (Å²) in [5.74, 6) is 0.755. The van der Waals surface area contributed by atoms with E-state index in [1.54, 1.807) is 0 Å². The second kappa shape index (κ2) is 7.04. The minimum absolute atomic E-state index is 0. The van der Waals surface area contributed by atoms with Crippen LogP contribution in [0.5, 0.6) is 0 Å². The quantitative estimate of drug-likeness (QED) is 0.573. The van der Waals surface area contributed by atoms with Crippen LogP contribution in [-0.4, -0.2) is 30.8 Å². The van der Waals surface area contributed by atoms with E-state index in [-0.39, 0.29) is 28.5 Å². The first-order valence-corrected chi connectivity index (χ1v) is 14.3. The molecule has 0 amide bonds. The Morgan fingerprint density at radius 2 is 2.09 bits per heavy atom. The first-order chi connectivity index (χ1) is 9.85. The zero-order valence-electron chi connectivity index (χ0n) is 13.6. The topological polar surface area (TPSA) is 20.2 Å². The smallest absolute Gasteiger partial charge is 1.00 e. The first-order valence-electron chi connectivity index (χ1n) is 7.87. The van der Waals surface area contributed by atoms with Gasteiger partial charge in [0.15, 0.2) is 0 Å². The molecule has 4 heteroatoms. The van der Waals surface area contributed by atoms with Gasteiger partial charge in [-0.25, -0.2) is 0 Å². The summed E-state index contributed by atoms with van der Waals surface area (Å²) in [5, 5.41) is 10.7. The van der Waals surface area contributed by atoms with Gasteiger partial charge in [0.05, 0.1) is 0 Å². The van der Waals surface area contributed by atoms with E-state index in [9.17, 15) is 5.11 Å². The fourth-order valence-corrected chi connectivity index (χ4v) is 12.2. The standard InChI is InChI=1S/C18H26BrOTe.BrH/c1-17(2)14-7-8-18(17,16(20)10-14)12-21(3)11-13-5-4-6-15(19)9-13;/h4-6,9,14,16,20H,7-8,10-12H2,1-3H3;1H/q+1;/p-1. The van der Waals surface area contributed by atoms with Crippen molar-refractivity contribution in [1.82, 2.24) is 0 Å². The third-order valence-electron chi connectivity index (χ3n) is 6.19. The van der Waals surface area contributed by atoms with E-state index in [1.165, 1.54) is 31.8 Å². The van der Waals surface area contributed by atoms with Crippen LogP contribution in [0.4, 0.5) is 0 Å². The van der Waals surface area contributed by atoms with E-state index >= 15 is 0 Å². The van der Waals surface area contributed by atoms with Crippen molar-refractivity contribution in [1.29, 1.82) is 0 Å². The number of aliphatic hydroxyl groups is 1. The van der Waals surface area contributed by atoms with Gasteiger partial charge < -0.3 is 17.0 Å². The zero-order chi connectivity index (χ0) is 15.3. The van der Waals surface area contributed by atoms with Crippen LogP contribution in [0.25, 0.3) is 0 Å². The number of rotatable bonds is 4. The molecule has 0 saturated heterocycles. The van der Waals surface area contributed by atoms with E-state index < -0.39 is 19.6 Å². The number of hydrogen-bond donors (Lipinski definition) is 1. The van der Waals surface area contributed by atoms with Gasteiger partial charge in [-0.2, -0.15) is 0 Å². The Balaban J connectivity index is 0.00000176. The molecule has 3 atom stereocenters. The number of fused-ring (bicyclic) bond motifs is 2. The van der Waals surface area contributed by atoms with Crippen molar-refractivity contribution in [3.8, 4) is 0 Å². The number of aliphatic hydroxyl groups excluding tert-OH is 1. The Kier molecular flexibility index (Phi) is 6.17. The van der Waals surface area contributed by atoms with Gasteiger partial charge in [0.1, 0.15) is 0 Å². The Morgan fingerprint density at radius 1 is 1.36 bits per heavy atom. The fourth-order valence-electron chi connectivity index (χ4n) is 4.78. The van der Waals surface area contributed by atoms with Gasteiger partial charge in [-0.3, -0.25) is 0 Å². The van der Waals surface area contributed by atoms with Gasteiger partial charge >= 0.3 is 145 Å². The van der Waals surface area contributed by atoms with E-state index in [2.05, 4.69) is 59.0 Å². The molecule has 2 aliphatic carbocycles. The normalized spacial score (nSPS) is 32.3. The monoisotopic (exact) mass is 546 g/mol. The second-order valence-corrected chi connectivity index (χ2v) is 14.6. The van der Waals surface area contributed by atoms with Crippen molar-refractivity contribution in [2.45, 2.75) is 53.1 Å². The minimum atomic E-state index is -1.19. The summed E-state index contributed by atoms with van der Waals surface area (Å²) in [6, 6.07) is 8.77. The molecular weight excluding hydrogens is 520 g/mol. The Morgan fingerprint density at radius 3 is 2.64 bits per heavy atom. The third-order valence-corrected chi connectivity index (χ3v) is 11.9. The van der Waals surface area contributed by atoms with Crippen molar-refractivity contribution >= 4 is 35.5 Å². The van der Waals surface area contributed by atoms with E-state index in [0.717, 1.165) is 12.3 Å². The van der Waals surface area contributed by atoms with E-state index in [1.807, 2.05) is 0 Å². The molecule has 0 aromatic heterocycles. The third kappa shape index (κ3) is 3.20.